The highest BCUT2D eigenvalue weighted by atomic mass is 16.5. The van der Waals surface area contributed by atoms with E-state index in [1.807, 2.05) is 31.2 Å². The van der Waals surface area contributed by atoms with E-state index in [1.165, 1.54) is 7.11 Å². The minimum Gasteiger partial charge on any atom is -0.480 e. The van der Waals surface area contributed by atoms with Gasteiger partial charge in [0.2, 0.25) is 0 Å². The van der Waals surface area contributed by atoms with Crippen molar-refractivity contribution in [2.75, 3.05) is 13.7 Å². The van der Waals surface area contributed by atoms with E-state index in [0.717, 1.165) is 28.1 Å². The van der Waals surface area contributed by atoms with Gasteiger partial charge in [0.25, 0.3) is 5.56 Å². The van der Waals surface area contributed by atoms with Crippen LogP contribution in [0, 0.1) is 19.8 Å². The molecule has 0 saturated carbocycles. The van der Waals surface area contributed by atoms with Crippen molar-refractivity contribution in [2.24, 2.45) is 10.9 Å². The van der Waals surface area contributed by atoms with Crippen LogP contribution in [0.1, 0.15) is 36.1 Å². The minimum absolute atomic E-state index is 0.0925. The van der Waals surface area contributed by atoms with Gasteiger partial charge in [-0.2, -0.15) is 0 Å². The van der Waals surface area contributed by atoms with E-state index >= 15 is 0 Å². The number of H-pyrrole nitrogens is 1. The Labute approximate surface area is 170 Å². The highest BCUT2D eigenvalue weighted by molar-refractivity contribution is 6.03. The first-order valence-corrected chi connectivity index (χ1v) is 9.55. The molecule has 29 heavy (non-hydrogen) atoms. The number of aliphatic imine (C=N–C) groups is 1. The van der Waals surface area contributed by atoms with Gasteiger partial charge in [-0.1, -0.05) is 26.0 Å². The molecule has 1 atom stereocenters. The second kappa shape index (κ2) is 10.1. The molecule has 0 amide bonds. The second-order valence-electron chi connectivity index (χ2n) is 7.40. The van der Waals surface area contributed by atoms with Gasteiger partial charge in [0.15, 0.2) is 0 Å². The molecule has 0 aliphatic carbocycles. The van der Waals surface area contributed by atoms with Crippen molar-refractivity contribution in [3.63, 3.8) is 0 Å². The van der Waals surface area contributed by atoms with Gasteiger partial charge in [0.05, 0.1) is 18.0 Å². The molecule has 3 N–H and O–H groups in total. The van der Waals surface area contributed by atoms with E-state index in [9.17, 15) is 14.7 Å². The predicted octanol–water partition coefficient (Wildman–Crippen LogP) is 2.96. The van der Waals surface area contributed by atoms with E-state index in [4.69, 9.17) is 9.73 Å². The molecular formula is C22H29N3O4. The fourth-order valence-electron chi connectivity index (χ4n) is 2.91. The molecule has 2 rings (SSSR count). The predicted molar refractivity (Wildman–Crippen MR) is 114 cm³/mol. The normalized spacial score (nSPS) is 13.0. The third kappa shape index (κ3) is 6.10. The Hall–Kier alpha value is -2.77. The minimum atomic E-state index is -0.951. The van der Waals surface area contributed by atoms with E-state index in [2.05, 4.69) is 24.1 Å². The molecular weight excluding hydrogens is 370 g/mol. The van der Waals surface area contributed by atoms with Crippen molar-refractivity contribution in [1.29, 1.82) is 0 Å². The van der Waals surface area contributed by atoms with Gasteiger partial charge in [-0.3, -0.25) is 19.9 Å². The highest BCUT2D eigenvalue weighted by Crippen LogP contribution is 2.23. The van der Waals surface area contributed by atoms with Gasteiger partial charge in [-0.15, -0.1) is 0 Å². The number of aliphatic carboxylic acids is 1. The van der Waals surface area contributed by atoms with E-state index < -0.39 is 12.0 Å². The first-order chi connectivity index (χ1) is 13.7. The van der Waals surface area contributed by atoms with Gasteiger partial charge in [0, 0.05) is 31.0 Å². The summed E-state index contributed by atoms with van der Waals surface area (Å²) in [6.07, 6.45) is 1.69. The Morgan fingerprint density at radius 3 is 2.55 bits per heavy atom. The number of carbonyl (C=O) groups is 1. The monoisotopic (exact) mass is 399 g/mol. The lowest BCUT2D eigenvalue weighted by atomic mass is 9.99. The number of aryl methyl sites for hydroxylation is 2. The molecule has 0 saturated heterocycles. The highest BCUT2D eigenvalue weighted by Gasteiger charge is 2.16. The van der Waals surface area contributed by atoms with Crippen molar-refractivity contribution < 1.29 is 14.6 Å². The smallest absolute Gasteiger partial charge is 0.323 e. The van der Waals surface area contributed by atoms with Crippen molar-refractivity contribution in [3.05, 3.63) is 63.1 Å². The van der Waals surface area contributed by atoms with Crippen LogP contribution in [-0.4, -0.2) is 41.5 Å². The Morgan fingerprint density at radius 1 is 1.24 bits per heavy atom. The third-order valence-electron chi connectivity index (χ3n) is 4.63. The molecule has 0 spiro atoms. The number of aromatic nitrogens is 1. The summed E-state index contributed by atoms with van der Waals surface area (Å²) in [5.41, 5.74) is 5.05. The van der Waals surface area contributed by atoms with Crippen molar-refractivity contribution in [1.82, 2.24) is 10.3 Å². The molecule has 1 aromatic carbocycles. The fraction of sp³-hybridized carbons (Fsp3) is 0.409. The van der Waals surface area contributed by atoms with Crippen LogP contribution in [0.4, 0.5) is 5.69 Å². The topological polar surface area (TPSA) is 104 Å². The Morgan fingerprint density at radius 2 is 1.97 bits per heavy atom. The maximum atomic E-state index is 11.7. The number of pyridine rings is 1. The number of hydrogen-bond acceptors (Lipinski definition) is 5. The molecule has 0 fully saturated rings. The summed E-state index contributed by atoms with van der Waals surface area (Å²) in [4.78, 5) is 30.6. The average Bonchev–Trinajstić information content (AvgIpc) is 2.66. The maximum Gasteiger partial charge on any atom is 0.323 e. The fourth-order valence-corrected chi connectivity index (χ4v) is 2.91. The number of methoxy groups -OCH3 is 1. The quantitative estimate of drug-likeness (QED) is 0.563. The summed E-state index contributed by atoms with van der Waals surface area (Å²) in [5.74, 6) is -0.799. The van der Waals surface area contributed by atoms with Gasteiger partial charge in [-0.05, 0) is 43.0 Å². The zero-order chi connectivity index (χ0) is 21.6. The van der Waals surface area contributed by atoms with Gasteiger partial charge >= 0.3 is 5.97 Å². The first-order valence-electron chi connectivity index (χ1n) is 9.55. The number of nitrogens with one attached hydrogen (secondary N) is 2. The first kappa shape index (κ1) is 22.5. The lowest BCUT2D eigenvalue weighted by Crippen LogP contribution is -2.39. The molecule has 7 nitrogen and oxygen atoms in total. The third-order valence-corrected chi connectivity index (χ3v) is 4.63. The standard InChI is InChI=1S/C22H29N3O4/c1-13(2)20(17-8-15(4)21(26)24-11-17)25-18-9-16(7-6-14(18)3)10-23-19(12-29-5)22(27)28/h6-9,11,13,19,23H,10,12H2,1-5H3,(H,24,26)(H,27,28)/b25-20+. The maximum absolute atomic E-state index is 11.7. The number of aromatic amines is 1. The van der Waals surface area contributed by atoms with E-state index in [1.54, 1.807) is 13.1 Å². The van der Waals surface area contributed by atoms with Gasteiger partial charge in [0.1, 0.15) is 6.04 Å². The van der Waals surface area contributed by atoms with Crippen LogP contribution in [0.3, 0.4) is 0 Å². The van der Waals surface area contributed by atoms with E-state index in [0.29, 0.717) is 12.1 Å². The van der Waals surface area contributed by atoms with Crippen LogP contribution < -0.4 is 10.9 Å². The summed E-state index contributed by atoms with van der Waals surface area (Å²) in [7, 11) is 1.47. The number of hydrogen-bond donors (Lipinski definition) is 3. The molecule has 0 aliphatic rings. The van der Waals surface area contributed by atoms with Crippen molar-refractivity contribution in [2.45, 2.75) is 40.3 Å². The number of carboxylic acid groups (broad SMARTS) is 1. The lowest BCUT2D eigenvalue weighted by molar-refractivity contribution is -0.140. The van der Waals surface area contributed by atoms with E-state index in [-0.39, 0.29) is 18.1 Å². The van der Waals surface area contributed by atoms with Crippen molar-refractivity contribution in [3.8, 4) is 0 Å². The number of rotatable bonds is 9. The van der Waals surface area contributed by atoms with Crippen molar-refractivity contribution >= 4 is 17.4 Å². The molecule has 156 valence electrons. The Kier molecular flexibility index (Phi) is 7.87. The molecule has 0 radical (unpaired) electrons. The summed E-state index contributed by atoms with van der Waals surface area (Å²) in [5, 5.41) is 12.2. The average molecular weight is 399 g/mol. The van der Waals surface area contributed by atoms with Gasteiger partial charge in [-0.25, -0.2) is 0 Å². The zero-order valence-electron chi connectivity index (χ0n) is 17.6. The Balaban J connectivity index is 2.34. The zero-order valence-corrected chi connectivity index (χ0v) is 17.6. The molecule has 0 aliphatic heterocycles. The van der Waals surface area contributed by atoms with Crippen LogP contribution >= 0.6 is 0 Å². The molecule has 2 aromatic rings. The SMILES string of the molecule is COCC(NCc1ccc(C)c(/N=C(/c2c[nH]c(=O)c(C)c2)C(C)C)c1)C(=O)O. The van der Waals surface area contributed by atoms with Crippen LogP contribution in [0.25, 0.3) is 0 Å². The number of nitrogens with zero attached hydrogens (tertiary/aromatic N) is 1. The summed E-state index contributed by atoms with van der Waals surface area (Å²) in [6.45, 7) is 8.35. The summed E-state index contributed by atoms with van der Waals surface area (Å²) in [6, 6.07) is 6.95. The van der Waals surface area contributed by atoms with Crippen LogP contribution in [-0.2, 0) is 16.1 Å². The van der Waals surface area contributed by atoms with Crippen LogP contribution in [0.15, 0.2) is 40.2 Å². The molecule has 1 heterocycles. The lowest BCUT2D eigenvalue weighted by Gasteiger charge is -2.15. The summed E-state index contributed by atoms with van der Waals surface area (Å²) < 4.78 is 4.95. The second-order valence-corrected chi connectivity index (χ2v) is 7.40. The Bertz CT molecular complexity index is 947. The molecule has 1 unspecified atom stereocenters. The number of benzene rings is 1. The largest absolute Gasteiger partial charge is 0.480 e. The molecule has 7 heteroatoms. The number of carboxylic acids is 1. The van der Waals surface area contributed by atoms with Crippen LogP contribution in [0.5, 0.6) is 0 Å². The van der Waals surface area contributed by atoms with Crippen LogP contribution in [0.2, 0.25) is 0 Å². The number of ether oxygens (including phenoxy) is 1. The molecule has 1 aromatic heterocycles. The summed E-state index contributed by atoms with van der Waals surface area (Å²) >= 11 is 0. The molecule has 0 bridgehead atoms. The van der Waals surface area contributed by atoms with Gasteiger partial charge < -0.3 is 14.8 Å².